The molecular weight excluding hydrogens is 228 g/mol. The van der Waals surface area contributed by atoms with Crippen LogP contribution in [-0.2, 0) is 11.3 Å². The summed E-state index contributed by atoms with van der Waals surface area (Å²) < 4.78 is 11.2. The van der Waals surface area contributed by atoms with Gasteiger partial charge >= 0.3 is 0 Å². The second-order valence-electron chi connectivity index (χ2n) is 5.53. The van der Waals surface area contributed by atoms with Gasteiger partial charge in [0, 0.05) is 24.7 Å². The summed E-state index contributed by atoms with van der Waals surface area (Å²) in [6.07, 6.45) is 5.60. The van der Waals surface area contributed by atoms with Gasteiger partial charge in [-0.05, 0) is 26.7 Å². The molecular formula is C14H22N2O2. The van der Waals surface area contributed by atoms with Gasteiger partial charge in [0.1, 0.15) is 5.76 Å². The van der Waals surface area contributed by atoms with Gasteiger partial charge in [0.2, 0.25) is 0 Å². The molecule has 3 rings (SSSR count). The van der Waals surface area contributed by atoms with Crippen molar-refractivity contribution < 1.29 is 9.26 Å². The number of aryl methyl sites for hydroxylation is 2. The molecule has 0 spiro atoms. The molecule has 1 aromatic heterocycles. The van der Waals surface area contributed by atoms with Crippen molar-refractivity contribution in [3.63, 3.8) is 0 Å². The molecule has 100 valence electrons. The number of nitrogens with zero attached hydrogens (tertiary/aromatic N) is 2. The lowest BCUT2D eigenvalue weighted by Crippen LogP contribution is -2.52. The number of hydrogen-bond acceptors (Lipinski definition) is 4. The van der Waals surface area contributed by atoms with Crippen LogP contribution in [0.4, 0.5) is 0 Å². The molecule has 2 unspecified atom stereocenters. The van der Waals surface area contributed by atoms with Crippen LogP contribution < -0.4 is 0 Å². The molecule has 0 radical (unpaired) electrons. The molecule has 0 aromatic carbocycles. The van der Waals surface area contributed by atoms with Crippen molar-refractivity contribution in [3.8, 4) is 0 Å². The van der Waals surface area contributed by atoms with Crippen LogP contribution >= 0.6 is 0 Å². The Labute approximate surface area is 108 Å². The molecule has 18 heavy (non-hydrogen) atoms. The van der Waals surface area contributed by atoms with E-state index in [0.717, 1.165) is 31.2 Å². The molecule has 2 heterocycles. The first kappa shape index (κ1) is 12.2. The highest BCUT2D eigenvalue weighted by Crippen LogP contribution is 2.30. The lowest BCUT2D eigenvalue weighted by Gasteiger charge is -2.43. The minimum atomic E-state index is 0.452. The molecule has 1 aromatic rings. The summed E-state index contributed by atoms with van der Waals surface area (Å²) in [7, 11) is 0. The van der Waals surface area contributed by atoms with Gasteiger partial charge in [0.25, 0.3) is 0 Å². The minimum Gasteiger partial charge on any atom is -0.375 e. The van der Waals surface area contributed by atoms with Gasteiger partial charge in [-0.2, -0.15) is 0 Å². The summed E-state index contributed by atoms with van der Waals surface area (Å²) >= 11 is 0. The monoisotopic (exact) mass is 250 g/mol. The predicted octanol–water partition coefficient (Wildman–Crippen LogP) is 2.43. The van der Waals surface area contributed by atoms with Gasteiger partial charge < -0.3 is 9.26 Å². The number of morpholine rings is 1. The summed E-state index contributed by atoms with van der Waals surface area (Å²) in [6.45, 7) is 6.90. The largest absolute Gasteiger partial charge is 0.375 e. The SMILES string of the molecule is Cc1noc(C)c1CN1CCOC2CCCCC21. The lowest BCUT2D eigenvalue weighted by molar-refractivity contribution is -0.0912. The standard InChI is InChI=1S/C14H22N2O2/c1-10-12(11(2)18-15-10)9-16-7-8-17-14-6-4-3-5-13(14)16/h13-14H,3-9H2,1-2H3. The maximum Gasteiger partial charge on any atom is 0.138 e. The maximum absolute atomic E-state index is 5.91. The zero-order chi connectivity index (χ0) is 12.5. The quantitative estimate of drug-likeness (QED) is 0.808. The maximum atomic E-state index is 5.91. The van der Waals surface area contributed by atoms with Crippen LogP contribution in [-0.4, -0.2) is 35.4 Å². The summed E-state index contributed by atoms with van der Waals surface area (Å²) in [5, 5.41) is 4.05. The van der Waals surface area contributed by atoms with E-state index in [0.29, 0.717) is 12.1 Å². The van der Waals surface area contributed by atoms with Gasteiger partial charge in [0.15, 0.2) is 0 Å². The topological polar surface area (TPSA) is 38.5 Å². The molecule has 4 heteroatoms. The second-order valence-corrected chi connectivity index (χ2v) is 5.53. The van der Waals surface area contributed by atoms with E-state index in [1.807, 2.05) is 13.8 Å². The Morgan fingerprint density at radius 2 is 2.11 bits per heavy atom. The molecule has 4 nitrogen and oxygen atoms in total. The number of ether oxygens (including phenoxy) is 1. The molecule has 0 bridgehead atoms. The van der Waals surface area contributed by atoms with Crippen molar-refractivity contribution in [3.05, 3.63) is 17.0 Å². The van der Waals surface area contributed by atoms with Crippen LogP contribution in [0.3, 0.4) is 0 Å². The van der Waals surface area contributed by atoms with Gasteiger partial charge in [-0.3, -0.25) is 4.90 Å². The molecule has 1 saturated heterocycles. The summed E-state index contributed by atoms with van der Waals surface area (Å²) in [5.74, 6) is 0.964. The highest BCUT2D eigenvalue weighted by molar-refractivity contribution is 5.20. The zero-order valence-corrected chi connectivity index (χ0v) is 11.3. The van der Waals surface area contributed by atoms with Crippen LogP contribution in [0.15, 0.2) is 4.52 Å². The Morgan fingerprint density at radius 3 is 2.89 bits per heavy atom. The highest BCUT2D eigenvalue weighted by Gasteiger charge is 2.34. The average Bonchev–Trinajstić information content (AvgIpc) is 2.71. The van der Waals surface area contributed by atoms with Crippen LogP contribution in [0.5, 0.6) is 0 Å². The fourth-order valence-electron chi connectivity index (χ4n) is 3.30. The predicted molar refractivity (Wildman–Crippen MR) is 68.4 cm³/mol. The van der Waals surface area contributed by atoms with Gasteiger partial charge in [-0.1, -0.05) is 18.0 Å². The Bertz CT molecular complexity index is 394. The Balaban J connectivity index is 1.75. The molecule has 2 fully saturated rings. The zero-order valence-electron chi connectivity index (χ0n) is 11.3. The molecule has 2 atom stereocenters. The molecule has 1 aliphatic carbocycles. The molecule has 1 aliphatic heterocycles. The number of rotatable bonds is 2. The number of hydrogen-bond donors (Lipinski definition) is 0. The third-order valence-electron chi connectivity index (χ3n) is 4.39. The molecule has 1 saturated carbocycles. The van der Waals surface area contributed by atoms with E-state index < -0.39 is 0 Å². The second kappa shape index (κ2) is 5.02. The lowest BCUT2D eigenvalue weighted by atomic mass is 9.90. The summed E-state index contributed by atoms with van der Waals surface area (Å²) in [6, 6.07) is 0.598. The van der Waals surface area contributed by atoms with Crippen LogP contribution in [0.25, 0.3) is 0 Å². The third-order valence-corrected chi connectivity index (χ3v) is 4.39. The molecule has 0 amide bonds. The number of fused-ring (bicyclic) bond motifs is 1. The van der Waals surface area contributed by atoms with Gasteiger partial charge in [-0.25, -0.2) is 0 Å². The molecule has 2 aliphatic rings. The van der Waals surface area contributed by atoms with E-state index in [1.165, 1.54) is 31.2 Å². The summed E-state index contributed by atoms with van der Waals surface area (Å²) in [4.78, 5) is 2.57. The Kier molecular flexibility index (Phi) is 3.39. The van der Waals surface area contributed by atoms with Crippen molar-refractivity contribution in [2.24, 2.45) is 0 Å². The van der Waals surface area contributed by atoms with E-state index in [1.54, 1.807) is 0 Å². The van der Waals surface area contributed by atoms with Gasteiger partial charge in [-0.15, -0.1) is 0 Å². The third kappa shape index (κ3) is 2.19. The van der Waals surface area contributed by atoms with Crippen LogP contribution in [0.2, 0.25) is 0 Å². The Morgan fingerprint density at radius 1 is 1.28 bits per heavy atom. The minimum absolute atomic E-state index is 0.452. The van der Waals surface area contributed by atoms with Crippen molar-refractivity contribution in [2.75, 3.05) is 13.2 Å². The van der Waals surface area contributed by atoms with Crippen molar-refractivity contribution in [2.45, 2.75) is 58.2 Å². The first-order chi connectivity index (χ1) is 8.75. The summed E-state index contributed by atoms with van der Waals surface area (Å²) in [5.41, 5.74) is 2.30. The average molecular weight is 250 g/mol. The van der Waals surface area contributed by atoms with Crippen LogP contribution in [0.1, 0.15) is 42.7 Å². The van der Waals surface area contributed by atoms with Crippen molar-refractivity contribution in [1.29, 1.82) is 0 Å². The number of aromatic nitrogens is 1. The van der Waals surface area contributed by atoms with E-state index in [4.69, 9.17) is 9.26 Å². The van der Waals surface area contributed by atoms with Crippen LogP contribution in [0, 0.1) is 13.8 Å². The first-order valence-electron chi connectivity index (χ1n) is 7.03. The van der Waals surface area contributed by atoms with E-state index >= 15 is 0 Å². The van der Waals surface area contributed by atoms with Crippen molar-refractivity contribution in [1.82, 2.24) is 10.1 Å². The fraction of sp³-hybridized carbons (Fsp3) is 0.786. The molecule has 0 N–H and O–H groups in total. The smallest absolute Gasteiger partial charge is 0.138 e. The fourth-order valence-corrected chi connectivity index (χ4v) is 3.30. The first-order valence-corrected chi connectivity index (χ1v) is 7.03. The van der Waals surface area contributed by atoms with Gasteiger partial charge in [0.05, 0.1) is 18.4 Å². The van der Waals surface area contributed by atoms with Crippen molar-refractivity contribution >= 4 is 0 Å². The highest BCUT2D eigenvalue weighted by atomic mass is 16.5. The Hall–Kier alpha value is -0.870. The van der Waals surface area contributed by atoms with E-state index in [-0.39, 0.29) is 0 Å². The van der Waals surface area contributed by atoms with E-state index in [2.05, 4.69) is 10.1 Å². The normalized spacial score (nSPS) is 29.2. The van der Waals surface area contributed by atoms with E-state index in [9.17, 15) is 0 Å².